The molecule has 39 heavy (non-hydrogen) atoms. The summed E-state index contributed by atoms with van der Waals surface area (Å²) in [4.78, 5) is 52.7. The lowest BCUT2D eigenvalue weighted by atomic mass is 9.83. The van der Waals surface area contributed by atoms with Gasteiger partial charge in [0.05, 0.1) is 18.2 Å². The van der Waals surface area contributed by atoms with E-state index in [1.807, 2.05) is 20.8 Å². The fourth-order valence-electron chi connectivity index (χ4n) is 3.92. The topological polar surface area (TPSA) is 194 Å². The summed E-state index contributed by atoms with van der Waals surface area (Å²) in [5, 5.41) is 39.3. The minimum atomic E-state index is -2.69. The average Bonchev–Trinajstić information content (AvgIpc) is 2.83. The molecule has 228 valence electrons. The molecular formula is C27H53N5O7. The lowest BCUT2D eigenvalue weighted by Crippen LogP contribution is -2.71. The molecule has 0 aromatic rings. The standard InChI is InChI=1S/C27H53N5O7/c1-9-10-11-12-21(34)31-23(18(4)5)25(37)29-19(13-14-22(35)32(7)8)24(36)30-20(15-17(2)3)27(38,39)26(6,28)16-33/h17-20,23,33,38-39H,9-16,28H2,1-8H3,(H,29,37)(H,30,36)(H,31,34)/t19-,20-,23-,26-/m0/s1. The molecule has 0 aliphatic rings. The molecule has 0 aromatic carbocycles. The van der Waals surface area contributed by atoms with Crippen LogP contribution in [0.4, 0.5) is 0 Å². The number of aliphatic hydroxyl groups excluding tert-OH is 1. The third-order valence-electron chi connectivity index (χ3n) is 6.73. The molecule has 0 rings (SSSR count). The minimum Gasteiger partial charge on any atom is -0.394 e. The molecule has 0 saturated carbocycles. The summed E-state index contributed by atoms with van der Waals surface area (Å²) in [5.74, 6) is -4.95. The van der Waals surface area contributed by atoms with Crippen LogP contribution in [0.3, 0.4) is 0 Å². The molecule has 0 aliphatic heterocycles. The number of carbonyl (C=O) groups is 4. The molecule has 0 heterocycles. The Balaban J connectivity index is 5.98. The van der Waals surface area contributed by atoms with E-state index in [0.29, 0.717) is 6.42 Å². The Hall–Kier alpha value is -2.28. The Labute approximate surface area is 233 Å². The molecule has 12 nitrogen and oxygen atoms in total. The molecule has 0 fully saturated rings. The highest BCUT2D eigenvalue weighted by molar-refractivity contribution is 5.92. The van der Waals surface area contributed by atoms with Crippen molar-refractivity contribution in [2.45, 2.75) is 116 Å². The van der Waals surface area contributed by atoms with Crippen molar-refractivity contribution < 1.29 is 34.5 Å². The molecule has 0 spiro atoms. The lowest BCUT2D eigenvalue weighted by Gasteiger charge is -2.43. The number of hydrogen-bond donors (Lipinski definition) is 7. The Morgan fingerprint density at radius 1 is 0.923 bits per heavy atom. The van der Waals surface area contributed by atoms with Crippen molar-refractivity contribution in [1.82, 2.24) is 20.9 Å². The number of nitrogens with two attached hydrogens (primary N) is 1. The summed E-state index contributed by atoms with van der Waals surface area (Å²) in [6.07, 6.45) is 2.78. The van der Waals surface area contributed by atoms with Crippen molar-refractivity contribution >= 4 is 23.6 Å². The maximum absolute atomic E-state index is 13.4. The Kier molecular flexibility index (Phi) is 15.8. The van der Waals surface area contributed by atoms with Gasteiger partial charge in [-0.15, -0.1) is 0 Å². The van der Waals surface area contributed by atoms with Crippen molar-refractivity contribution in [2.75, 3.05) is 20.7 Å². The number of carbonyl (C=O) groups excluding carboxylic acids is 4. The van der Waals surface area contributed by atoms with Crippen LogP contribution >= 0.6 is 0 Å². The third kappa shape index (κ3) is 12.2. The van der Waals surface area contributed by atoms with Crippen molar-refractivity contribution in [3.05, 3.63) is 0 Å². The Morgan fingerprint density at radius 2 is 1.51 bits per heavy atom. The van der Waals surface area contributed by atoms with Crippen molar-refractivity contribution in [1.29, 1.82) is 0 Å². The average molecular weight is 560 g/mol. The number of nitrogens with zero attached hydrogens (tertiary/aromatic N) is 1. The van der Waals surface area contributed by atoms with E-state index in [-0.39, 0.29) is 49.3 Å². The number of hydrogen-bond acceptors (Lipinski definition) is 8. The number of nitrogens with one attached hydrogen (secondary N) is 3. The second kappa shape index (κ2) is 16.7. The van der Waals surface area contributed by atoms with Crippen LogP contribution in [0.25, 0.3) is 0 Å². The minimum absolute atomic E-state index is 0.0649. The Bertz CT molecular complexity index is 799. The van der Waals surface area contributed by atoms with E-state index < -0.39 is 47.9 Å². The summed E-state index contributed by atoms with van der Waals surface area (Å²) >= 11 is 0. The van der Waals surface area contributed by atoms with E-state index >= 15 is 0 Å². The molecule has 0 radical (unpaired) electrons. The van der Waals surface area contributed by atoms with Crippen LogP contribution < -0.4 is 21.7 Å². The first-order valence-corrected chi connectivity index (χ1v) is 13.9. The van der Waals surface area contributed by atoms with E-state index in [0.717, 1.165) is 12.8 Å². The van der Waals surface area contributed by atoms with Gasteiger partial charge in [-0.05, 0) is 38.0 Å². The zero-order valence-corrected chi connectivity index (χ0v) is 25.0. The van der Waals surface area contributed by atoms with Gasteiger partial charge in [-0.1, -0.05) is 47.5 Å². The first kappa shape index (κ1) is 36.7. The molecular weight excluding hydrogens is 506 g/mol. The highest BCUT2D eigenvalue weighted by Crippen LogP contribution is 2.25. The van der Waals surface area contributed by atoms with E-state index in [1.165, 1.54) is 11.8 Å². The lowest BCUT2D eigenvalue weighted by molar-refractivity contribution is -0.234. The fourth-order valence-corrected chi connectivity index (χ4v) is 3.92. The van der Waals surface area contributed by atoms with Crippen LogP contribution in [-0.2, 0) is 19.2 Å². The molecule has 8 N–H and O–H groups in total. The molecule has 0 bridgehead atoms. The predicted molar refractivity (Wildman–Crippen MR) is 149 cm³/mol. The van der Waals surface area contributed by atoms with E-state index in [1.54, 1.807) is 27.9 Å². The first-order valence-electron chi connectivity index (χ1n) is 13.9. The second-order valence-corrected chi connectivity index (χ2v) is 11.6. The maximum atomic E-state index is 13.4. The summed E-state index contributed by atoms with van der Waals surface area (Å²) in [5.41, 5.74) is 4.07. The van der Waals surface area contributed by atoms with E-state index in [2.05, 4.69) is 16.0 Å². The fraction of sp³-hybridized carbons (Fsp3) is 0.852. The third-order valence-corrected chi connectivity index (χ3v) is 6.73. The van der Waals surface area contributed by atoms with Gasteiger partial charge in [0.1, 0.15) is 12.1 Å². The smallest absolute Gasteiger partial charge is 0.243 e. The first-order chi connectivity index (χ1) is 17.9. The number of aliphatic hydroxyl groups is 3. The van der Waals surface area contributed by atoms with Crippen LogP contribution in [0.2, 0.25) is 0 Å². The molecule has 4 atom stereocenters. The zero-order chi connectivity index (χ0) is 30.6. The zero-order valence-electron chi connectivity index (χ0n) is 25.0. The summed E-state index contributed by atoms with van der Waals surface area (Å²) in [6.45, 7) is 9.66. The van der Waals surface area contributed by atoms with Gasteiger partial charge >= 0.3 is 0 Å². The van der Waals surface area contributed by atoms with E-state index in [9.17, 15) is 34.5 Å². The van der Waals surface area contributed by atoms with Crippen molar-refractivity contribution in [2.24, 2.45) is 17.6 Å². The largest absolute Gasteiger partial charge is 0.394 e. The molecule has 4 amide bonds. The molecule has 0 aliphatic carbocycles. The van der Waals surface area contributed by atoms with E-state index in [4.69, 9.17) is 5.73 Å². The van der Waals surface area contributed by atoms with Crippen LogP contribution in [0, 0.1) is 11.8 Å². The molecule has 0 unspecified atom stereocenters. The van der Waals surface area contributed by atoms with Crippen molar-refractivity contribution in [3.63, 3.8) is 0 Å². The Morgan fingerprint density at radius 3 is 1.97 bits per heavy atom. The van der Waals surface area contributed by atoms with Gasteiger partial charge in [0, 0.05) is 26.9 Å². The predicted octanol–water partition coefficient (Wildman–Crippen LogP) is -0.0178. The summed E-state index contributed by atoms with van der Waals surface area (Å²) in [6, 6.07) is -3.43. The van der Waals surface area contributed by atoms with Gasteiger partial charge in [0.2, 0.25) is 29.4 Å². The number of unbranched alkanes of at least 4 members (excludes halogenated alkanes) is 2. The highest BCUT2D eigenvalue weighted by atomic mass is 16.5. The quantitative estimate of drug-likeness (QED) is 0.0899. The molecule has 0 aromatic heterocycles. The van der Waals surface area contributed by atoms with Crippen LogP contribution in [-0.4, -0.2) is 94.0 Å². The van der Waals surface area contributed by atoms with Gasteiger partial charge < -0.3 is 41.9 Å². The summed E-state index contributed by atoms with van der Waals surface area (Å²) < 4.78 is 0. The monoisotopic (exact) mass is 559 g/mol. The normalized spacial score (nSPS) is 15.7. The van der Waals surface area contributed by atoms with Gasteiger partial charge in [-0.3, -0.25) is 19.2 Å². The van der Waals surface area contributed by atoms with Gasteiger partial charge in [0.25, 0.3) is 0 Å². The van der Waals surface area contributed by atoms with Crippen LogP contribution in [0.5, 0.6) is 0 Å². The maximum Gasteiger partial charge on any atom is 0.243 e. The van der Waals surface area contributed by atoms with Crippen LogP contribution in [0.1, 0.15) is 86.5 Å². The number of rotatable bonds is 18. The van der Waals surface area contributed by atoms with Crippen LogP contribution in [0.15, 0.2) is 0 Å². The highest BCUT2D eigenvalue weighted by Gasteiger charge is 2.49. The van der Waals surface area contributed by atoms with Gasteiger partial charge in [-0.2, -0.15) is 0 Å². The summed E-state index contributed by atoms with van der Waals surface area (Å²) in [7, 11) is 3.14. The second-order valence-electron chi connectivity index (χ2n) is 11.6. The van der Waals surface area contributed by atoms with Gasteiger partial charge in [-0.25, -0.2) is 0 Å². The molecule has 12 heteroatoms. The van der Waals surface area contributed by atoms with Gasteiger partial charge in [0.15, 0.2) is 0 Å². The SMILES string of the molecule is CCCCCC(=O)N[C@H](C(=O)N[C@@H](CCC(=O)N(C)C)C(=O)N[C@@H](CC(C)C)C(O)(O)[C@@](C)(N)CO)C(C)C. The number of amides is 4. The molecule has 0 saturated heterocycles. The van der Waals surface area contributed by atoms with Crippen molar-refractivity contribution in [3.8, 4) is 0 Å².